The molecule has 0 aliphatic heterocycles. The number of carbonyl (C=O) groups is 5. The third-order valence-corrected chi connectivity index (χ3v) is 7.07. The van der Waals surface area contributed by atoms with E-state index in [1.165, 1.54) is 0 Å². The van der Waals surface area contributed by atoms with Gasteiger partial charge < -0.3 is 32.3 Å². The zero-order valence-corrected chi connectivity index (χ0v) is 24.4. The van der Waals surface area contributed by atoms with Crippen LogP contribution in [0.25, 0.3) is 0 Å². The largest absolute Gasteiger partial charge is 0.385 e. The third kappa shape index (κ3) is 14.7. The second-order valence-corrected chi connectivity index (χ2v) is 12.1. The van der Waals surface area contributed by atoms with Crippen molar-refractivity contribution in [1.29, 1.82) is 0 Å². The van der Waals surface area contributed by atoms with Crippen LogP contribution in [0.5, 0.6) is 0 Å². The van der Waals surface area contributed by atoms with Crippen LogP contribution < -0.4 is 32.3 Å². The lowest BCUT2D eigenvalue weighted by molar-refractivity contribution is -0.131. The quantitative estimate of drug-likeness (QED) is 0.0428. The highest BCUT2D eigenvalue weighted by Gasteiger charge is 2.32. The summed E-state index contributed by atoms with van der Waals surface area (Å²) in [5.74, 6) is -6.67. The van der Waals surface area contributed by atoms with Crippen molar-refractivity contribution < 1.29 is 49.9 Å². The van der Waals surface area contributed by atoms with Crippen molar-refractivity contribution in [3.8, 4) is 0 Å². The molecule has 1 rings (SSSR count). The number of unbranched alkanes of at least 4 members (excludes halogenated alkanes) is 1. The first-order valence-corrected chi connectivity index (χ1v) is 15.9. The first-order chi connectivity index (χ1) is 19.6. The summed E-state index contributed by atoms with van der Waals surface area (Å²) in [6.07, 6.45) is 1.47. The van der Waals surface area contributed by atoms with E-state index in [1.807, 2.05) is 12.2 Å². The number of nitrogens with two attached hydrogens (primary N) is 1. The molecule has 0 bridgehead atoms. The van der Waals surface area contributed by atoms with Crippen molar-refractivity contribution in [2.75, 3.05) is 29.9 Å². The van der Waals surface area contributed by atoms with Crippen LogP contribution in [-0.2, 0) is 39.4 Å². The van der Waals surface area contributed by atoms with E-state index in [2.05, 4.69) is 16.0 Å². The summed E-state index contributed by atoms with van der Waals surface area (Å²) >= 11 is 0. The van der Waals surface area contributed by atoms with Gasteiger partial charge in [0.05, 0.1) is 0 Å². The Hall–Kier alpha value is -3.81. The number of hydrogen-bond donors (Lipinski definition) is 8. The molecule has 236 valence electrons. The maximum Gasteiger partial charge on any atom is 0.267 e. The zero-order valence-electron chi connectivity index (χ0n) is 22.7. The fourth-order valence-corrected chi connectivity index (χ4v) is 4.83. The van der Waals surface area contributed by atoms with Gasteiger partial charge in [-0.15, -0.1) is 0 Å². The van der Waals surface area contributed by atoms with Crippen molar-refractivity contribution in [3.05, 3.63) is 29.8 Å². The minimum Gasteiger partial charge on any atom is -0.385 e. The molecule has 0 aromatic heterocycles. The van der Waals surface area contributed by atoms with Crippen LogP contribution in [0.15, 0.2) is 24.3 Å². The highest BCUT2D eigenvalue weighted by molar-refractivity contribution is 7.86. The minimum atomic E-state index is -4.90. The molecule has 42 heavy (non-hydrogen) atoms. The Bertz CT molecular complexity index is 1300. The summed E-state index contributed by atoms with van der Waals surface area (Å²) in [7, 11) is -9.69. The molecular weight excluding hydrogens is 600 g/mol. The average Bonchev–Trinajstić information content (AvgIpc) is 2.88. The number of hydrogen-bond acceptors (Lipinski definition) is 10. The predicted molar refractivity (Wildman–Crippen MR) is 150 cm³/mol. The van der Waals surface area contributed by atoms with E-state index >= 15 is 0 Å². The Balaban J connectivity index is 2.74. The molecule has 0 aliphatic rings. The molecule has 0 radical (unpaired) electrons. The van der Waals surface area contributed by atoms with E-state index in [0.29, 0.717) is 12.0 Å². The van der Waals surface area contributed by atoms with E-state index in [1.54, 1.807) is 29.6 Å². The summed E-state index contributed by atoms with van der Waals surface area (Å²) in [5, 5.41) is 11.7. The van der Waals surface area contributed by atoms with Crippen molar-refractivity contribution in [2.45, 2.75) is 50.7 Å². The van der Waals surface area contributed by atoms with Crippen LogP contribution in [0.1, 0.15) is 43.0 Å². The maximum atomic E-state index is 12.7. The highest BCUT2D eigenvalue weighted by atomic mass is 32.2. The van der Waals surface area contributed by atoms with Gasteiger partial charge in [0.1, 0.15) is 29.6 Å². The Kier molecular flexibility index (Phi) is 14.8. The molecule has 0 spiro atoms. The van der Waals surface area contributed by atoms with Gasteiger partial charge in [-0.2, -0.15) is 16.8 Å². The molecule has 0 unspecified atom stereocenters. The van der Waals surface area contributed by atoms with Crippen molar-refractivity contribution in [1.82, 2.24) is 21.3 Å². The molecule has 0 saturated carbocycles. The maximum absolute atomic E-state index is 12.7. The Morgan fingerprint density at radius 2 is 1.40 bits per heavy atom. The van der Waals surface area contributed by atoms with Gasteiger partial charge in [0.2, 0.25) is 24.1 Å². The number of nitrogens with one attached hydrogen (secondary N) is 5. The van der Waals surface area contributed by atoms with Crippen LogP contribution in [0.4, 0.5) is 5.69 Å². The molecule has 0 heterocycles. The van der Waals surface area contributed by atoms with Gasteiger partial charge in [0.25, 0.3) is 26.1 Å². The van der Waals surface area contributed by atoms with Gasteiger partial charge in [0.15, 0.2) is 0 Å². The average molecular weight is 637 g/mol. The number of amides is 5. The SMILES string of the molecule is CCCNc1ccc(C(=O)NCCCC[C@@H](NC(=O)[C@H](CS(=O)(=O)O)NC(=O)[C@H](CS(=O)(=O)O)NC=O)C(N)=O)cc1. The molecule has 5 amide bonds. The lowest BCUT2D eigenvalue weighted by Gasteiger charge is -2.23. The predicted octanol–water partition coefficient (Wildman–Crippen LogP) is -2.25. The fraction of sp³-hybridized carbons (Fsp3) is 0.522. The van der Waals surface area contributed by atoms with Crippen LogP contribution >= 0.6 is 0 Å². The molecule has 9 N–H and O–H groups in total. The Labute approximate surface area is 243 Å². The second-order valence-electron chi connectivity index (χ2n) is 9.11. The lowest BCUT2D eigenvalue weighted by Crippen LogP contribution is -2.58. The van der Waals surface area contributed by atoms with Crippen LogP contribution in [0.2, 0.25) is 0 Å². The lowest BCUT2D eigenvalue weighted by atomic mass is 10.1. The standard InChI is InChI=1S/C23H36N6O11S2/c1-2-10-25-16-8-6-15(7-9-16)21(32)26-11-4-3-5-17(20(24)31)28-23(34)19(13-42(38,39)40)29-22(33)18(27-14-30)12-41(35,36)37/h6-9,14,17-19,25H,2-5,10-13H2,1H3,(H2,24,31)(H,26,32)(H,27,30)(H,28,34)(H,29,33)(H,35,36,37)(H,38,39,40)/t17-,18+,19+/m1/s1. The Morgan fingerprint density at radius 3 is 1.93 bits per heavy atom. The molecule has 0 saturated heterocycles. The van der Waals surface area contributed by atoms with E-state index in [4.69, 9.17) is 10.3 Å². The summed E-state index contributed by atoms with van der Waals surface area (Å²) in [6.45, 7) is 3.04. The monoisotopic (exact) mass is 636 g/mol. The van der Waals surface area contributed by atoms with Gasteiger partial charge in [0, 0.05) is 24.3 Å². The van der Waals surface area contributed by atoms with Gasteiger partial charge >= 0.3 is 0 Å². The van der Waals surface area contributed by atoms with Crippen LogP contribution in [0, 0.1) is 0 Å². The number of primary amides is 1. The van der Waals surface area contributed by atoms with Crippen molar-refractivity contribution in [3.63, 3.8) is 0 Å². The van der Waals surface area contributed by atoms with E-state index < -0.39 is 67.6 Å². The van der Waals surface area contributed by atoms with Gasteiger partial charge in [-0.1, -0.05) is 6.92 Å². The third-order valence-electron chi connectivity index (χ3n) is 5.56. The number of anilines is 1. The van der Waals surface area contributed by atoms with Gasteiger partial charge in [-0.05, 0) is 49.9 Å². The van der Waals surface area contributed by atoms with Crippen LogP contribution in [0.3, 0.4) is 0 Å². The molecule has 1 aromatic carbocycles. The summed E-state index contributed by atoms with van der Waals surface area (Å²) < 4.78 is 63.2. The molecule has 19 heteroatoms. The highest BCUT2D eigenvalue weighted by Crippen LogP contribution is 2.10. The number of carbonyl (C=O) groups excluding carboxylic acids is 5. The first kappa shape index (κ1) is 36.2. The molecule has 0 fully saturated rings. The summed E-state index contributed by atoms with van der Waals surface area (Å²) in [4.78, 5) is 60.1. The molecule has 1 aromatic rings. The van der Waals surface area contributed by atoms with Gasteiger partial charge in [-0.25, -0.2) is 0 Å². The fourth-order valence-electron chi connectivity index (χ4n) is 3.50. The van der Waals surface area contributed by atoms with E-state index in [-0.39, 0.29) is 31.7 Å². The smallest absolute Gasteiger partial charge is 0.267 e. The molecular formula is C23H36N6O11S2. The van der Waals surface area contributed by atoms with Crippen LogP contribution in [-0.4, -0.2) is 98.7 Å². The Morgan fingerprint density at radius 1 is 0.857 bits per heavy atom. The second kappa shape index (κ2) is 17.2. The van der Waals surface area contributed by atoms with Crippen molar-refractivity contribution in [2.24, 2.45) is 5.73 Å². The van der Waals surface area contributed by atoms with E-state index in [0.717, 1.165) is 18.7 Å². The molecule has 17 nitrogen and oxygen atoms in total. The van der Waals surface area contributed by atoms with Crippen molar-refractivity contribution >= 4 is 56.0 Å². The molecule has 0 aliphatic carbocycles. The van der Waals surface area contributed by atoms with E-state index in [9.17, 15) is 45.4 Å². The number of rotatable bonds is 20. The first-order valence-electron chi connectivity index (χ1n) is 12.7. The molecule has 3 atom stereocenters. The summed E-state index contributed by atoms with van der Waals surface area (Å²) in [5.41, 5.74) is 6.64. The zero-order chi connectivity index (χ0) is 31.9. The minimum absolute atomic E-state index is 0.0423. The van der Waals surface area contributed by atoms with Gasteiger partial charge in [-0.3, -0.25) is 33.1 Å². The topological polar surface area (TPSA) is 280 Å². The number of benzene rings is 1. The normalized spacial score (nSPS) is 13.6. The summed E-state index contributed by atoms with van der Waals surface area (Å²) in [6, 6.07) is 1.55.